The van der Waals surface area contributed by atoms with Crippen LogP contribution < -0.4 is 14.4 Å². The molecule has 0 radical (unpaired) electrons. The van der Waals surface area contributed by atoms with Crippen molar-refractivity contribution < 1.29 is 19.4 Å². The van der Waals surface area contributed by atoms with Crippen molar-refractivity contribution in [2.24, 2.45) is 4.99 Å². The molecular formula is C25H24N2O4. The fourth-order valence-electron chi connectivity index (χ4n) is 3.80. The van der Waals surface area contributed by atoms with E-state index in [9.17, 15) is 9.90 Å². The molecule has 0 spiro atoms. The second-order valence-electron chi connectivity index (χ2n) is 7.28. The number of methoxy groups -OCH3 is 1. The number of para-hydroxylation sites is 1. The van der Waals surface area contributed by atoms with Crippen LogP contribution in [0.25, 0.3) is 0 Å². The monoisotopic (exact) mass is 416 g/mol. The van der Waals surface area contributed by atoms with Gasteiger partial charge in [0.05, 0.1) is 25.0 Å². The first-order chi connectivity index (χ1) is 15.1. The summed E-state index contributed by atoms with van der Waals surface area (Å²) in [6.45, 7) is 4.51. The van der Waals surface area contributed by atoms with Gasteiger partial charge in [0, 0.05) is 18.3 Å². The Labute approximate surface area is 181 Å². The van der Waals surface area contributed by atoms with Crippen molar-refractivity contribution in [1.82, 2.24) is 0 Å². The van der Waals surface area contributed by atoms with Gasteiger partial charge in [0.2, 0.25) is 0 Å². The van der Waals surface area contributed by atoms with Crippen LogP contribution in [0.4, 0.5) is 11.4 Å². The molecule has 0 bridgehead atoms. The van der Waals surface area contributed by atoms with Gasteiger partial charge in [0.1, 0.15) is 6.61 Å². The van der Waals surface area contributed by atoms with E-state index >= 15 is 0 Å². The van der Waals surface area contributed by atoms with Crippen LogP contribution in [0, 0.1) is 0 Å². The third-order valence-corrected chi connectivity index (χ3v) is 5.38. The molecule has 1 aliphatic heterocycles. The zero-order chi connectivity index (χ0) is 21.8. The quantitative estimate of drug-likeness (QED) is 0.583. The van der Waals surface area contributed by atoms with E-state index in [0.717, 1.165) is 28.8 Å². The predicted octanol–water partition coefficient (Wildman–Crippen LogP) is 4.30. The molecule has 1 N–H and O–H groups in total. The Bertz CT molecular complexity index is 1130. The molecule has 3 aromatic rings. The Morgan fingerprint density at radius 2 is 1.90 bits per heavy atom. The molecule has 3 aromatic carbocycles. The maximum Gasteiger partial charge on any atom is 0.260 e. The van der Waals surface area contributed by atoms with E-state index in [1.54, 1.807) is 17.0 Å². The van der Waals surface area contributed by atoms with Gasteiger partial charge in [-0.05, 0) is 42.0 Å². The summed E-state index contributed by atoms with van der Waals surface area (Å²) in [6, 6.07) is 18.8. The summed E-state index contributed by atoms with van der Waals surface area (Å²) in [6.07, 6.45) is 0.823. The van der Waals surface area contributed by atoms with E-state index in [1.807, 2.05) is 48.5 Å². The summed E-state index contributed by atoms with van der Waals surface area (Å²) >= 11 is 0. The average Bonchev–Trinajstić information content (AvgIpc) is 3.26. The van der Waals surface area contributed by atoms with E-state index in [-0.39, 0.29) is 19.1 Å². The number of aliphatic imine (C=N–C) groups is 1. The third kappa shape index (κ3) is 4.15. The van der Waals surface area contributed by atoms with Crippen molar-refractivity contribution in [1.29, 1.82) is 0 Å². The summed E-state index contributed by atoms with van der Waals surface area (Å²) in [4.78, 5) is 19.2. The number of anilines is 1. The molecule has 31 heavy (non-hydrogen) atoms. The number of aliphatic hydroxyl groups excluding tert-OH is 1. The molecule has 0 saturated heterocycles. The lowest BCUT2D eigenvalue weighted by atomic mass is 10.1. The zero-order valence-electron chi connectivity index (χ0n) is 17.4. The van der Waals surface area contributed by atoms with Crippen molar-refractivity contribution >= 4 is 24.0 Å². The van der Waals surface area contributed by atoms with Crippen LogP contribution in [0.2, 0.25) is 0 Å². The number of amides is 1. The number of carbonyl (C=O) groups excluding carboxylic acids is 1. The summed E-state index contributed by atoms with van der Waals surface area (Å²) in [5, 5.41) is 9.32. The molecule has 1 aliphatic rings. The van der Waals surface area contributed by atoms with Gasteiger partial charge in [-0.1, -0.05) is 42.5 Å². The van der Waals surface area contributed by atoms with Gasteiger partial charge in [-0.2, -0.15) is 0 Å². The van der Waals surface area contributed by atoms with E-state index in [4.69, 9.17) is 9.47 Å². The number of ether oxygens (including phenoxy) is 2. The van der Waals surface area contributed by atoms with E-state index in [1.165, 1.54) is 7.11 Å². The first kappa shape index (κ1) is 20.6. The van der Waals surface area contributed by atoms with Crippen LogP contribution in [0.1, 0.15) is 27.0 Å². The van der Waals surface area contributed by atoms with Gasteiger partial charge in [-0.25, -0.2) is 0 Å². The minimum Gasteiger partial charge on any atom is -0.493 e. The highest BCUT2D eigenvalue weighted by atomic mass is 16.5. The van der Waals surface area contributed by atoms with Crippen LogP contribution in [0.3, 0.4) is 0 Å². The lowest BCUT2D eigenvalue weighted by molar-refractivity contribution is 0.0989. The molecule has 0 unspecified atom stereocenters. The van der Waals surface area contributed by atoms with Crippen LogP contribution in [0.5, 0.6) is 11.5 Å². The Morgan fingerprint density at radius 3 is 2.68 bits per heavy atom. The zero-order valence-corrected chi connectivity index (χ0v) is 17.4. The van der Waals surface area contributed by atoms with E-state index in [2.05, 4.69) is 11.7 Å². The summed E-state index contributed by atoms with van der Waals surface area (Å²) in [5.41, 5.74) is 4.66. The maximum atomic E-state index is 13.3. The third-order valence-electron chi connectivity index (χ3n) is 5.38. The molecule has 158 valence electrons. The van der Waals surface area contributed by atoms with Crippen molar-refractivity contribution in [3.63, 3.8) is 0 Å². The van der Waals surface area contributed by atoms with Crippen LogP contribution >= 0.6 is 0 Å². The smallest absolute Gasteiger partial charge is 0.260 e. The van der Waals surface area contributed by atoms with Crippen molar-refractivity contribution in [2.75, 3.05) is 18.6 Å². The van der Waals surface area contributed by atoms with Crippen molar-refractivity contribution in [3.8, 4) is 11.5 Å². The van der Waals surface area contributed by atoms with Crippen LogP contribution in [-0.4, -0.2) is 31.4 Å². The minimum atomic E-state index is -0.146. The van der Waals surface area contributed by atoms with Crippen LogP contribution in [-0.2, 0) is 19.6 Å². The standard InChI is InChI=1S/C25H24N2O4/c1-26-21-14-24(31-16-18-7-5-6-17(12-18)15-28)23(30-2)13-20(21)25(29)27-11-10-19-8-3-4-9-22(19)27/h3-9,12-14,28H,1,10-11,15-16H2,2H3. The van der Waals surface area contributed by atoms with E-state index < -0.39 is 0 Å². The lowest BCUT2D eigenvalue weighted by Gasteiger charge is -2.20. The Balaban J connectivity index is 1.61. The van der Waals surface area contributed by atoms with Gasteiger partial charge >= 0.3 is 0 Å². The molecule has 1 heterocycles. The number of hydrogen-bond donors (Lipinski definition) is 1. The van der Waals surface area contributed by atoms with Crippen molar-refractivity contribution in [3.05, 3.63) is 82.9 Å². The van der Waals surface area contributed by atoms with Gasteiger partial charge in [0.25, 0.3) is 5.91 Å². The summed E-state index contributed by atoms with van der Waals surface area (Å²) in [5.74, 6) is 0.770. The fraction of sp³-hybridized carbons (Fsp3) is 0.200. The molecule has 1 amide bonds. The lowest BCUT2D eigenvalue weighted by Crippen LogP contribution is -2.29. The largest absolute Gasteiger partial charge is 0.493 e. The number of aliphatic hydroxyl groups is 1. The SMILES string of the molecule is C=Nc1cc(OCc2cccc(CO)c2)c(OC)cc1C(=O)N1CCc2ccccc21. The second-order valence-corrected chi connectivity index (χ2v) is 7.28. The first-order valence-corrected chi connectivity index (χ1v) is 10.0. The number of hydrogen-bond acceptors (Lipinski definition) is 5. The topological polar surface area (TPSA) is 71.4 Å². The molecule has 0 fully saturated rings. The average molecular weight is 416 g/mol. The van der Waals surface area contributed by atoms with Crippen molar-refractivity contribution in [2.45, 2.75) is 19.6 Å². The normalized spacial score (nSPS) is 12.4. The maximum absolute atomic E-state index is 13.3. The molecular weight excluding hydrogens is 392 g/mol. The number of benzene rings is 3. The van der Waals surface area contributed by atoms with Gasteiger partial charge in [-0.3, -0.25) is 9.79 Å². The summed E-state index contributed by atoms with van der Waals surface area (Å²) in [7, 11) is 1.54. The second kappa shape index (κ2) is 9.02. The Hall–Kier alpha value is -3.64. The van der Waals surface area contributed by atoms with Gasteiger partial charge in [-0.15, -0.1) is 0 Å². The van der Waals surface area contributed by atoms with Gasteiger partial charge in [0.15, 0.2) is 11.5 Å². The number of fused-ring (bicyclic) bond motifs is 1. The summed E-state index contributed by atoms with van der Waals surface area (Å²) < 4.78 is 11.5. The number of nitrogens with zero attached hydrogens (tertiary/aromatic N) is 2. The number of rotatable bonds is 7. The molecule has 6 nitrogen and oxygen atoms in total. The molecule has 0 atom stereocenters. The highest BCUT2D eigenvalue weighted by Crippen LogP contribution is 2.38. The molecule has 4 rings (SSSR count). The fourth-order valence-corrected chi connectivity index (χ4v) is 3.80. The van der Waals surface area contributed by atoms with Gasteiger partial charge < -0.3 is 19.5 Å². The first-order valence-electron chi connectivity index (χ1n) is 10.0. The molecule has 0 saturated carbocycles. The highest BCUT2D eigenvalue weighted by Gasteiger charge is 2.28. The van der Waals surface area contributed by atoms with E-state index in [0.29, 0.717) is 29.3 Å². The Kier molecular flexibility index (Phi) is 6.00. The predicted molar refractivity (Wildman–Crippen MR) is 121 cm³/mol. The minimum absolute atomic E-state index is 0.0296. The highest BCUT2D eigenvalue weighted by molar-refractivity contribution is 6.10. The number of carbonyl (C=O) groups is 1. The van der Waals surface area contributed by atoms with Crippen LogP contribution in [0.15, 0.2) is 65.7 Å². The Morgan fingerprint density at radius 1 is 1.10 bits per heavy atom. The molecule has 0 aliphatic carbocycles. The molecule has 6 heteroatoms. The molecule has 0 aromatic heterocycles.